The summed E-state index contributed by atoms with van der Waals surface area (Å²) in [6.07, 6.45) is 0. The van der Waals surface area contributed by atoms with Crippen LogP contribution in [-0.2, 0) is 10.0 Å². The first-order valence-corrected chi connectivity index (χ1v) is 7.81. The molecule has 0 bridgehead atoms. The van der Waals surface area contributed by atoms with Crippen molar-refractivity contribution in [1.82, 2.24) is 5.16 Å². The van der Waals surface area contributed by atoms with Crippen LogP contribution < -0.4 is 4.72 Å². The number of nitrogens with zero attached hydrogens (tertiary/aromatic N) is 1. The van der Waals surface area contributed by atoms with Crippen LogP contribution in [0.2, 0.25) is 0 Å². The Morgan fingerprint density at radius 1 is 1.40 bits per heavy atom. The summed E-state index contributed by atoms with van der Waals surface area (Å²) in [7, 11) is -3.89. The number of hydrogen-bond acceptors (Lipinski definition) is 6. The van der Waals surface area contributed by atoms with E-state index in [2.05, 4.69) is 9.88 Å². The normalized spacial score (nSPS) is 11.6. The van der Waals surface area contributed by atoms with Gasteiger partial charge in [0.1, 0.15) is 9.09 Å². The average Bonchev–Trinajstić information content (AvgIpc) is 2.87. The van der Waals surface area contributed by atoms with Crippen molar-refractivity contribution in [2.75, 3.05) is 4.72 Å². The van der Waals surface area contributed by atoms with Crippen LogP contribution in [0.5, 0.6) is 0 Å². The molecule has 0 amide bonds. The minimum Gasteiger partial charge on any atom is -0.477 e. The summed E-state index contributed by atoms with van der Waals surface area (Å²) >= 11 is 0.694. The highest BCUT2D eigenvalue weighted by Crippen LogP contribution is 2.28. The lowest BCUT2D eigenvalue weighted by molar-refractivity contribution is 0.0701. The van der Waals surface area contributed by atoms with Gasteiger partial charge in [0.05, 0.1) is 5.69 Å². The van der Waals surface area contributed by atoms with E-state index >= 15 is 0 Å². The summed E-state index contributed by atoms with van der Waals surface area (Å²) < 4.78 is 31.4. The molecule has 0 saturated heterocycles. The molecule has 2 N–H and O–H groups in total. The lowest BCUT2D eigenvalue weighted by Crippen LogP contribution is -2.11. The summed E-state index contributed by atoms with van der Waals surface area (Å²) in [5.74, 6) is -1.12. The predicted octanol–water partition coefficient (Wildman–Crippen LogP) is 2.16. The van der Waals surface area contributed by atoms with Crippen LogP contribution in [0.25, 0.3) is 0 Å². The minimum atomic E-state index is -3.89. The van der Waals surface area contributed by atoms with Crippen LogP contribution in [0.4, 0.5) is 5.88 Å². The molecule has 0 unspecified atom stereocenters. The molecule has 0 aliphatic rings. The molecule has 0 spiro atoms. The fraction of sp³-hybridized carbons (Fsp3) is 0.273. The topological polar surface area (TPSA) is 110 Å². The van der Waals surface area contributed by atoms with Gasteiger partial charge in [-0.3, -0.25) is 0 Å². The number of hydrogen-bond donors (Lipinski definition) is 2. The number of thiophene rings is 1. The monoisotopic (exact) mass is 316 g/mol. The molecule has 0 aliphatic heterocycles. The third-order valence-corrected chi connectivity index (χ3v) is 5.77. The summed E-state index contributed by atoms with van der Waals surface area (Å²) in [6, 6.07) is 1.31. The molecule has 20 heavy (non-hydrogen) atoms. The quantitative estimate of drug-likeness (QED) is 0.894. The number of carboxylic acid groups (broad SMARTS) is 1. The summed E-state index contributed by atoms with van der Waals surface area (Å²) in [4.78, 5) is 10.9. The SMILES string of the molecule is Cc1cc(S(=O)(=O)Nc2onc(C)c2C)sc1C(=O)O. The summed E-state index contributed by atoms with van der Waals surface area (Å²) in [6.45, 7) is 4.91. The molecule has 2 aromatic heterocycles. The van der Waals surface area contributed by atoms with Crippen molar-refractivity contribution in [2.45, 2.75) is 25.0 Å². The number of anilines is 1. The molecule has 0 saturated carbocycles. The second-order valence-electron chi connectivity index (χ2n) is 4.21. The van der Waals surface area contributed by atoms with Gasteiger partial charge in [0.2, 0.25) is 5.88 Å². The van der Waals surface area contributed by atoms with Gasteiger partial charge in [-0.25, -0.2) is 17.9 Å². The Kier molecular flexibility index (Phi) is 3.57. The standard InChI is InChI=1S/C11H12N2O5S2/c1-5-4-8(19-9(5)11(14)15)20(16,17)13-10-6(2)7(3)12-18-10/h4,13H,1-3H3,(H,14,15). The van der Waals surface area contributed by atoms with Gasteiger partial charge < -0.3 is 9.63 Å². The Morgan fingerprint density at radius 2 is 2.05 bits per heavy atom. The van der Waals surface area contributed by atoms with E-state index in [4.69, 9.17) is 9.63 Å². The van der Waals surface area contributed by atoms with E-state index < -0.39 is 16.0 Å². The van der Waals surface area contributed by atoms with Crippen LogP contribution >= 0.6 is 11.3 Å². The van der Waals surface area contributed by atoms with Gasteiger partial charge in [-0.15, -0.1) is 11.3 Å². The van der Waals surface area contributed by atoms with Crippen LogP contribution in [0, 0.1) is 20.8 Å². The third-order valence-electron chi connectivity index (χ3n) is 2.74. The maximum absolute atomic E-state index is 12.2. The maximum Gasteiger partial charge on any atom is 0.346 e. The molecule has 2 rings (SSSR count). The lowest BCUT2D eigenvalue weighted by Gasteiger charge is -2.02. The molecule has 2 heterocycles. The Hall–Kier alpha value is -1.87. The predicted molar refractivity (Wildman–Crippen MR) is 72.8 cm³/mol. The first-order chi connectivity index (χ1) is 9.22. The largest absolute Gasteiger partial charge is 0.477 e. The Balaban J connectivity index is 2.38. The van der Waals surface area contributed by atoms with E-state index in [1.807, 2.05) is 0 Å². The van der Waals surface area contributed by atoms with E-state index in [9.17, 15) is 13.2 Å². The zero-order valence-corrected chi connectivity index (χ0v) is 12.6. The van der Waals surface area contributed by atoms with Gasteiger partial charge in [0, 0.05) is 5.56 Å². The van der Waals surface area contributed by atoms with Crippen molar-refractivity contribution in [3.05, 3.63) is 27.8 Å². The van der Waals surface area contributed by atoms with E-state index in [0.29, 0.717) is 28.2 Å². The Labute approximate surface area is 119 Å². The number of aromatic carboxylic acids is 1. The molecule has 0 atom stereocenters. The summed E-state index contributed by atoms with van der Waals surface area (Å²) in [5.41, 5.74) is 1.56. The second kappa shape index (κ2) is 4.91. The fourth-order valence-electron chi connectivity index (χ4n) is 1.48. The Morgan fingerprint density at radius 3 is 2.50 bits per heavy atom. The molecule has 7 nitrogen and oxygen atoms in total. The van der Waals surface area contributed by atoms with Gasteiger partial charge >= 0.3 is 5.97 Å². The highest BCUT2D eigenvalue weighted by Gasteiger charge is 2.24. The van der Waals surface area contributed by atoms with Crippen LogP contribution in [0.3, 0.4) is 0 Å². The number of aromatic nitrogens is 1. The van der Waals surface area contributed by atoms with Crippen LogP contribution in [0.1, 0.15) is 26.5 Å². The zero-order valence-electron chi connectivity index (χ0n) is 10.9. The third kappa shape index (κ3) is 2.54. The first kappa shape index (κ1) is 14.5. The van der Waals surface area contributed by atoms with Crippen molar-refractivity contribution < 1.29 is 22.8 Å². The van der Waals surface area contributed by atoms with Crippen molar-refractivity contribution in [2.24, 2.45) is 0 Å². The minimum absolute atomic E-state index is 0.00385. The van der Waals surface area contributed by atoms with Crippen LogP contribution in [-0.4, -0.2) is 24.7 Å². The molecule has 2 aromatic rings. The molecular formula is C11H12N2O5S2. The molecule has 108 valence electrons. The molecule has 0 aromatic carbocycles. The number of carboxylic acids is 1. The van der Waals surface area contributed by atoms with E-state index in [1.165, 1.54) is 6.07 Å². The highest BCUT2D eigenvalue weighted by molar-refractivity contribution is 7.94. The number of aryl methyl sites for hydroxylation is 2. The highest BCUT2D eigenvalue weighted by atomic mass is 32.2. The van der Waals surface area contributed by atoms with Crippen molar-refractivity contribution in [3.63, 3.8) is 0 Å². The lowest BCUT2D eigenvalue weighted by atomic mass is 10.3. The van der Waals surface area contributed by atoms with E-state index in [1.54, 1.807) is 20.8 Å². The number of nitrogens with one attached hydrogen (secondary N) is 1. The Bertz CT molecular complexity index is 773. The fourth-order valence-corrected chi connectivity index (χ4v) is 3.91. The van der Waals surface area contributed by atoms with Gasteiger partial charge in [0.15, 0.2) is 0 Å². The average molecular weight is 316 g/mol. The zero-order chi connectivity index (χ0) is 15.1. The molecule has 9 heteroatoms. The molecule has 0 radical (unpaired) electrons. The summed E-state index contributed by atoms with van der Waals surface area (Å²) in [5, 5.41) is 12.6. The van der Waals surface area contributed by atoms with Gasteiger partial charge in [-0.2, -0.15) is 0 Å². The first-order valence-electron chi connectivity index (χ1n) is 5.52. The smallest absolute Gasteiger partial charge is 0.346 e. The second-order valence-corrected chi connectivity index (χ2v) is 7.17. The van der Waals surface area contributed by atoms with Gasteiger partial charge in [-0.1, -0.05) is 5.16 Å². The van der Waals surface area contributed by atoms with Crippen molar-refractivity contribution in [3.8, 4) is 0 Å². The van der Waals surface area contributed by atoms with Crippen molar-refractivity contribution >= 4 is 33.2 Å². The maximum atomic E-state index is 12.2. The molecular weight excluding hydrogens is 304 g/mol. The van der Waals surface area contributed by atoms with Gasteiger partial charge in [-0.05, 0) is 32.4 Å². The van der Waals surface area contributed by atoms with Crippen molar-refractivity contribution in [1.29, 1.82) is 0 Å². The number of carbonyl (C=O) groups is 1. The molecule has 0 aliphatic carbocycles. The number of rotatable bonds is 4. The van der Waals surface area contributed by atoms with E-state index in [0.717, 1.165) is 0 Å². The number of sulfonamides is 1. The van der Waals surface area contributed by atoms with Gasteiger partial charge in [0.25, 0.3) is 10.0 Å². The van der Waals surface area contributed by atoms with E-state index in [-0.39, 0.29) is 15.0 Å². The molecule has 0 fully saturated rings. The van der Waals surface area contributed by atoms with Crippen LogP contribution in [0.15, 0.2) is 14.8 Å².